The van der Waals surface area contributed by atoms with Crippen LogP contribution in [0.2, 0.25) is 0 Å². The Labute approximate surface area is 105 Å². The number of hydrogen-bond acceptors (Lipinski definition) is 3. The molecule has 3 nitrogen and oxygen atoms in total. The van der Waals surface area contributed by atoms with Gasteiger partial charge in [-0.15, -0.1) is 0 Å². The summed E-state index contributed by atoms with van der Waals surface area (Å²) in [5.74, 6) is 0.639. The quantitative estimate of drug-likeness (QED) is 0.820. The second kappa shape index (κ2) is 6.28. The van der Waals surface area contributed by atoms with E-state index in [0.29, 0.717) is 12.0 Å². The molecule has 17 heavy (non-hydrogen) atoms. The molecule has 1 saturated heterocycles. The smallest absolute Gasteiger partial charge is 0.0795 e. The molecule has 1 aliphatic heterocycles. The minimum absolute atomic E-state index is 0.386. The number of rotatable bonds is 4. The van der Waals surface area contributed by atoms with Gasteiger partial charge in [-0.1, -0.05) is 18.2 Å². The van der Waals surface area contributed by atoms with Crippen molar-refractivity contribution in [2.24, 2.45) is 0 Å². The Hall–Kier alpha value is -0.710. The lowest BCUT2D eigenvalue weighted by atomic mass is 10.1. The average Bonchev–Trinajstić information content (AvgIpc) is 2.40. The van der Waals surface area contributed by atoms with Crippen molar-refractivity contribution in [1.29, 1.82) is 0 Å². The first-order valence-corrected chi connectivity index (χ1v) is 7.30. The molecule has 0 aliphatic carbocycles. The maximum Gasteiger partial charge on any atom is 0.0795 e. The third-order valence-corrected chi connectivity index (χ3v) is 4.57. The van der Waals surface area contributed by atoms with Crippen molar-refractivity contribution in [3.8, 4) is 0 Å². The molecular formula is C13H19NO2S. The van der Waals surface area contributed by atoms with E-state index in [0.717, 1.165) is 30.8 Å². The zero-order valence-corrected chi connectivity index (χ0v) is 11.0. The van der Waals surface area contributed by atoms with Gasteiger partial charge >= 0.3 is 0 Å². The first-order valence-electron chi connectivity index (χ1n) is 5.98. The van der Waals surface area contributed by atoms with Gasteiger partial charge in [0.2, 0.25) is 0 Å². The van der Waals surface area contributed by atoms with Gasteiger partial charge in [0.15, 0.2) is 0 Å². The zero-order chi connectivity index (χ0) is 12.1. The molecule has 1 aliphatic rings. The van der Waals surface area contributed by atoms with E-state index in [2.05, 4.69) is 4.90 Å². The van der Waals surface area contributed by atoms with Gasteiger partial charge in [-0.05, 0) is 25.0 Å². The van der Waals surface area contributed by atoms with Gasteiger partial charge in [0.05, 0.1) is 22.8 Å². The molecule has 1 heterocycles. The number of hydrogen-bond donors (Lipinski definition) is 0. The van der Waals surface area contributed by atoms with E-state index < -0.39 is 10.8 Å². The van der Waals surface area contributed by atoms with E-state index in [1.807, 2.05) is 30.3 Å². The number of piperidine rings is 1. The van der Waals surface area contributed by atoms with Crippen LogP contribution in [0.4, 0.5) is 0 Å². The van der Waals surface area contributed by atoms with Gasteiger partial charge in [-0.25, -0.2) is 0 Å². The minimum Gasteiger partial charge on any atom is -0.381 e. The topological polar surface area (TPSA) is 29.5 Å². The Morgan fingerprint density at radius 2 is 1.94 bits per heavy atom. The van der Waals surface area contributed by atoms with E-state index in [-0.39, 0.29) is 0 Å². The van der Waals surface area contributed by atoms with Crippen LogP contribution in [0, 0.1) is 0 Å². The molecule has 4 heteroatoms. The second-order valence-electron chi connectivity index (χ2n) is 4.34. The summed E-state index contributed by atoms with van der Waals surface area (Å²) in [4.78, 5) is 3.18. The molecule has 94 valence electrons. The molecular weight excluding hydrogens is 234 g/mol. The Balaban J connectivity index is 1.84. The van der Waals surface area contributed by atoms with Crippen LogP contribution in [0.25, 0.3) is 0 Å². The molecule has 0 radical (unpaired) electrons. The molecule has 0 bridgehead atoms. The van der Waals surface area contributed by atoms with Crippen LogP contribution in [0.5, 0.6) is 0 Å². The SMILES string of the molecule is COC1CCN(CS(=O)c2ccccc2)CC1. The number of methoxy groups -OCH3 is 1. The Kier molecular flexibility index (Phi) is 4.71. The molecule has 1 aromatic carbocycles. The maximum absolute atomic E-state index is 12.1. The van der Waals surface area contributed by atoms with Crippen molar-refractivity contribution in [3.05, 3.63) is 30.3 Å². The molecule has 0 N–H and O–H groups in total. The van der Waals surface area contributed by atoms with Gasteiger partial charge in [0.1, 0.15) is 0 Å². The molecule has 2 rings (SSSR count). The highest BCUT2D eigenvalue weighted by Gasteiger charge is 2.20. The normalized spacial score (nSPS) is 20.3. The fourth-order valence-corrected chi connectivity index (χ4v) is 3.29. The highest BCUT2D eigenvalue weighted by atomic mass is 32.2. The van der Waals surface area contributed by atoms with Crippen LogP contribution in [0.1, 0.15) is 12.8 Å². The lowest BCUT2D eigenvalue weighted by molar-refractivity contribution is 0.0464. The summed E-state index contributed by atoms with van der Waals surface area (Å²) in [5.41, 5.74) is 0. The predicted molar refractivity (Wildman–Crippen MR) is 69.3 cm³/mol. The van der Waals surface area contributed by atoms with Crippen LogP contribution in [0.3, 0.4) is 0 Å². The summed E-state index contributed by atoms with van der Waals surface area (Å²) in [7, 11) is 0.857. The van der Waals surface area contributed by atoms with Crippen LogP contribution in [-0.2, 0) is 15.5 Å². The molecule has 0 amide bonds. The molecule has 1 atom stereocenters. The molecule has 0 saturated carbocycles. The summed E-state index contributed by atoms with van der Waals surface area (Å²) < 4.78 is 17.4. The summed E-state index contributed by atoms with van der Waals surface area (Å²) in [6, 6.07) is 9.68. The third kappa shape index (κ3) is 3.63. The highest BCUT2D eigenvalue weighted by molar-refractivity contribution is 7.85. The van der Waals surface area contributed by atoms with Gasteiger partial charge in [0, 0.05) is 25.1 Å². The standard InChI is InChI=1S/C13H19NO2S/c1-16-12-7-9-14(10-8-12)11-17(15)13-5-3-2-4-6-13/h2-6,12H,7-11H2,1H3. The monoisotopic (exact) mass is 253 g/mol. The zero-order valence-electron chi connectivity index (χ0n) is 10.2. The number of ether oxygens (including phenoxy) is 1. The van der Waals surface area contributed by atoms with E-state index >= 15 is 0 Å². The number of likely N-dealkylation sites (tertiary alicyclic amines) is 1. The highest BCUT2D eigenvalue weighted by Crippen LogP contribution is 2.15. The number of nitrogens with zero attached hydrogens (tertiary/aromatic N) is 1. The van der Waals surface area contributed by atoms with E-state index in [1.165, 1.54) is 0 Å². The summed E-state index contributed by atoms with van der Waals surface area (Å²) >= 11 is 0. The summed E-state index contributed by atoms with van der Waals surface area (Å²) in [6.07, 6.45) is 2.47. The van der Waals surface area contributed by atoms with Crippen LogP contribution in [0.15, 0.2) is 35.2 Å². The summed E-state index contributed by atoms with van der Waals surface area (Å²) in [5, 5.41) is 0. The lowest BCUT2D eigenvalue weighted by Crippen LogP contribution is -2.38. The van der Waals surface area contributed by atoms with E-state index in [9.17, 15) is 4.21 Å². The number of benzene rings is 1. The van der Waals surface area contributed by atoms with Gasteiger partial charge < -0.3 is 4.74 Å². The molecule has 1 unspecified atom stereocenters. The van der Waals surface area contributed by atoms with Crippen molar-refractivity contribution in [2.75, 3.05) is 26.1 Å². The summed E-state index contributed by atoms with van der Waals surface area (Å²) in [6.45, 7) is 1.97. The van der Waals surface area contributed by atoms with Gasteiger partial charge in [-0.2, -0.15) is 0 Å². The minimum atomic E-state index is -0.909. The first kappa shape index (κ1) is 12.7. The molecule has 0 spiro atoms. The average molecular weight is 253 g/mol. The predicted octanol–water partition coefficient (Wildman–Crippen LogP) is 1.86. The van der Waals surface area contributed by atoms with Crippen molar-refractivity contribution < 1.29 is 8.95 Å². The fraction of sp³-hybridized carbons (Fsp3) is 0.538. The fourth-order valence-electron chi connectivity index (χ4n) is 2.09. The van der Waals surface area contributed by atoms with Crippen LogP contribution in [-0.4, -0.2) is 41.3 Å². The lowest BCUT2D eigenvalue weighted by Gasteiger charge is -2.30. The third-order valence-electron chi connectivity index (χ3n) is 3.17. The van der Waals surface area contributed by atoms with Crippen molar-refractivity contribution in [1.82, 2.24) is 4.90 Å². The Morgan fingerprint density at radius 3 is 2.53 bits per heavy atom. The molecule has 1 fully saturated rings. The maximum atomic E-state index is 12.1. The van der Waals surface area contributed by atoms with E-state index in [4.69, 9.17) is 4.74 Å². The van der Waals surface area contributed by atoms with Gasteiger partial charge in [-0.3, -0.25) is 9.11 Å². The molecule has 1 aromatic rings. The van der Waals surface area contributed by atoms with Crippen molar-refractivity contribution >= 4 is 10.8 Å². The Morgan fingerprint density at radius 1 is 1.29 bits per heavy atom. The van der Waals surface area contributed by atoms with Crippen molar-refractivity contribution in [3.63, 3.8) is 0 Å². The van der Waals surface area contributed by atoms with Crippen LogP contribution < -0.4 is 0 Å². The van der Waals surface area contributed by atoms with Crippen molar-refractivity contribution in [2.45, 2.75) is 23.8 Å². The molecule has 0 aromatic heterocycles. The second-order valence-corrected chi connectivity index (χ2v) is 5.76. The first-order chi connectivity index (χ1) is 8.29. The largest absolute Gasteiger partial charge is 0.381 e. The van der Waals surface area contributed by atoms with Gasteiger partial charge in [0.25, 0.3) is 0 Å². The van der Waals surface area contributed by atoms with Crippen LogP contribution >= 0.6 is 0 Å². The Bertz CT molecular complexity index is 361. The van der Waals surface area contributed by atoms with E-state index in [1.54, 1.807) is 7.11 Å².